The van der Waals surface area contributed by atoms with E-state index >= 15 is 0 Å². The molecule has 0 radical (unpaired) electrons. The number of aryl methyl sites for hydroxylation is 1. The molecule has 8 heteroatoms. The van der Waals surface area contributed by atoms with Crippen LogP contribution in [0.3, 0.4) is 0 Å². The Morgan fingerprint density at radius 2 is 2.25 bits per heavy atom. The largest absolute Gasteiger partial charge is 0.347 e. The van der Waals surface area contributed by atoms with Crippen molar-refractivity contribution in [2.75, 3.05) is 5.75 Å². The fraction of sp³-hybridized carbons (Fsp3) is 0.250. The van der Waals surface area contributed by atoms with Crippen LogP contribution in [-0.4, -0.2) is 30.2 Å². The summed E-state index contributed by atoms with van der Waals surface area (Å²) in [5.74, 6) is -0.273. The van der Waals surface area contributed by atoms with E-state index in [1.54, 1.807) is 29.5 Å². The molecule has 1 aromatic rings. The summed E-state index contributed by atoms with van der Waals surface area (Å²) in [5.41, 5.74) is 2.35. The zero-order chi connectivity index (χ0) is 14.6. The van der Waals surface area contributed by atoms with Crippen molar-refractivity contribution in [2.45, 2.75) is 13.0 Å². The quantitative estimate of drug-likeness (QED) is 0.595. The molecule has 2 rings (SSSR count). The molecule has 0 atom stereocenters. The first-order valence-electron chi connectivity index (χ1n) is 5.95. The van der Waals surface area contributed by atoms with Crippen molar-refractivity contribution in [1.29, 1.82) is 0 Å². The molecule has 2 N–H and O–H groups in total. The van der Waals surface area contributed by atoms with Gasteiger partial charge in [0.25, 0.3) is 10.1 Å². The zero-order valence-electron chi connectivity index (χ0n) is 10.7. The third-order valence-corrected chi connectivity index (χ3v) is 3.43. The topological polar surface area (TPSA) is 95.5 Å². The van der Waals surface area contributed by atoms with Gasteiger partial charge in [0.2, 0.25) is 0 Å². The van der Waals surface area contributed by atoms with Gasteiger partial charge >= 0.3 is 0 Å². The van der Waals surface area contributed by atoms with Crippen molar-refractivity contribution in [3.8, 4) is 0 Å². The Hall–Kier alpha value is -2.06. The van der Waals surface area contributed by atoms with Crippen LogP contribution >= 0.6 is 0 Å². The lowest BCUT2D eigenvalue weighted by atomic mass is 10.2. The third kappa shape index (κ3) is 4.25. The van der Waals surface area contributed by atoms with Crippen LogP contribution < -0.4 is 10.00 Å². The van der Waals surface area contributed by atoms with E-state index in [1.807, 2.05) is 6.07 Å². The van der Waals surface area contributed by atoms with E-state index in [9.17, 15) is 8.42 Å². The second-order valence-electron chi connectivity index (χ2n) is 4.28. The van der Waals surface area contributed by atoms with Gasteiger partial charge < -0.3 is 5.32 Å². The van der Waals surface area contributed by atoms with Gasteiger partial charge in [-0.1, -0.05) is 11.3 Å². The average molecular weight is 295 g/mol. The van der Waals surface area contributed by atoms with Crippen molar-refractivity contribution in [2.24, 2.45) is 4.99 Å². The molecule has 0 unspecified atom stereocenters. The third-order valence-electron chi connectivity index (χ3n) is 2.62. The van der Waals surface area contributed by atoms with Crippen LogP contribution in [0.1, 0.15) is 12.0 Å². The molecule has 1 aromatic heterocycles. The van der Waals surface area contributed by atoms with Gasteiger partial charge in [-0.05, 0) is 11.2 Å². The Morgan fingerprint density at radius 3 is 2.85 bits per heavy atom. The highest BCUT2D eigenvalue weighted by molar-refractivity contribution is 7.85. The van der Waals surface area contributed by atoms with E-state index in [-0.39, 0.29) is 5.75 Å². The van der Waals surface area contributed by atoms with E-state index in [1.165, 1.54) is 0 Å². The summed E-state index contributed by atoms with van der Waals surface area (Å²) in [4.78, 5) is 4.18. The summed E-state index contributed by atoms with van der Waals surface area (Å²) in [5, 5.41) is 7.04. The molecule has 0 aliphatic carbocycles. The molecule has 0 fully saturated rings. The summed E-state index contributed by atoms with van der Waals surface area (Å²) in [6.45, 7) is 4.20. The molecule has 0 saturated carbocycles. The molecule has 0 saturated heterocycles. The SMILES string of the molecule is C=C1C=C(c2cc[n+](CCCS(=O)(=O)O)nc2)N=CN1. The summed E-state index contributed by atoms with van der Waals surface area (Å²) in [6, 6.07) is 1.84. The second-order valence-corrected chi connectivity index (χ2v) is 5.85. The molecule has 0 bridgehead atoms. The highest BCUT2D eigenvalue weighted by Gasteiger charge is 2.10. The number of allylic oxidation sites excluding steroid dienone is 1. The van der Waals surface area contributed by atoms with Gasteiger partial charge in [0, 0.05) is 23.7 Å². The molecular formula is C12H15N4O3S+. The molecular weight excluding hydrogens is 280 g/mol. The number of rotatable bonds is 5. The minimum absolute atomic E-state index is 0.273. The van der Waals surface area contributed by atoms with Gasteiger partial charge in [-0.25, -0.2) is 4.99 Å². The van der Waals surface area contributed by atoms with Crippen LogP contribution in [0.15, 0.2) is 41.8 Å². The van der Waals surface area contributed by atoms with Crippen LogP contribution in [0, 0.1) is 0 Å². The maximum Gasteiger partial charge on any atom is 0.265 e. The van der Waals surface area contributed by atoms with Crippen LogP contribution in [0.2, 0.25) is 0 Å². The molecule has 0 amide bonds. The van der Waals surface area contributed by atoms with Crippen molar-refractivity contribution in [3.63, 3.8) is 0 Å². The highest BCUT2D eigenvalue weighted by atomic mass is 32.2. The first-order chi connectivity index (χ1) is 9.44. The summed E-state index contributed by atoms with van der Waals surface area (Å²) in [7, 11) is -3.91. The lowest BCUT2D eigenvalue weighted by Crippen LogP contribution is -2.38. The predicted octanol–water partition coefficient (Wildman–Crippen LogP) is 0.133. The van der Waals surface area contributed by atoms with E-state index in [2.05, 4.69) is 22.0 Å². The molecule has 106 valence electrons. The molecule has 2 heterocycles. The Bertz CT molecular complexity index is 662. The van der Waals surface area contributed by atoms with E-state index in [0.29, 0.717) is 13.0 Å². The van der Waals surface area contributed by atoms with Crippen LogP contribution in [0.5, 0.6) is 0 Å². The van der Waals surface area contributed by atoms with Gasteiger partial charge in [-0.3, -0.25) is 4.55 Å². The minimum atomic E-state index is -3.91. The average Bonchev–Trinajstić information content (AvgIpc) is 2.38. The minimum Gasteiger partial charge on any atom is -0.347 e. The first-order valence-corrected chi connectivity index (χ1v) is 7.56. The fourth-order valence-electron chi connectivity index (χ4n) is 1.66. The van der Waals surface area contributed by atoms with E-state index < -0.39 is 10.1 Å². The first kappa shape index (κ1) is 14.4. The molecule has 1 aliphatic heterocycles. The Morgan fingerprint density at radius 1 is 1.45 bits per heavy atom. The number of hydrogen-bond acceptors (Lipinski definition) is 5. The van der Waals surface area contributed by atoms with Crippen molar-refractivity contribution in [3.05, 3.63) is 42.4 Å². The van der Waals surface area contributed by atoms with E-state index in [4.69, 9.17) is 4.55 Å². The van der Waals surface area contributed by atoms with Crippen molar-refractivity contribution < 1.29 is 17.7 Å². The second kappa shape index (κ2) is 5.93. The molecule has 20 heavy (non-hydrogen) atoms. The number of hydrogen-bond donors (Lipinski definition) is 2. The van der Waals surface area contributed by atoms with Gasteiger partial charge in [0.1, 0.15) is 6.20 Å². The van der Waals surface area contributed by atoms with Gasteiger partial charge in [0.05, 0.1) is 17.8 Å². The monoisotopic (exact) mass is 295 g/mol. The number of aliphatic imine (C=N–C) groups is 1. The Labute approximate surface area is 117 Å². The lowest BCUT2D eigenvalue weighted by molar-refractivity contribution is -0.753. The fourth-order valence-corrected chi connectivity index (χ4v) is 2.16. The maximum atomic E-state index is 10.6. The molecule has 1 aliphatic rings. The lowest BCUT2D eigenvalue weighted by Gasteiger charge is -2.08. The van der Waals surface area contributed by atoms with Gasteiger partial charge in [0.15, 0.2) is 12.7 Å². The Balaban J connectivity index is 2.00. The predicted molar refractivity (Wildman–Crippen MR) is 74.2 cm³/mol. The zero-order valence-corrected chi connectivity index (χ0v) is 11.5. The van der Waals surface area contributed by atoms with E-state index in [0.717, 1.165) is 17.0 Å². The smallest absolute Gasteiger partial charge is 0.265 e. The van der Waals surface area contributed by atoms with Crippen molar-refractivity contribution in [1.82, 2.24) is 10.4 Å². The summed E-state index contributed by atoms with van der Waals surface area (Å²) >= 11 is 0. The summed E-state index contributed by atoms with van der Waals surface area (Å²) < 4.78 is 31.4. The van der Waals surface area contributed by atoms with Crippen LogP contribution in [0.25, 0.3) is 5.70 Å². The molecule has 0 spiro atoms. The standard InChI is InChI=1S/C12H14N4O3S/c1-10-7-12(14-9-13-10)11-3-5-16(15-8-11)4-2-6-20(17,18)19/h3,5,7-9H,1-2,4,6H2,(H-,13,14,17,18,19)/p+1. The number of aromatic nitrogens is 2. The van der Waals surface area contributed by atoms with Gasteiger partial charge in [-0.2, -0.15) is 8.42 Å². The number of nitrogens with one attached hydrogen (secondary N) is 1. The molecule has 0 aromatic carbocycles. The Kier molecular flexibility index (Phi) is 4.26. The number of nitrogens with zero attached hydrogens (tertiary/aromatic N) is 3. The normalized spacial score (nSPS) is 14.8. The summed E-state index contributed by atoms with van der Waals surface area (Å²) in [6.07, 6.45) is 7.05. The van der Waals surface area contributed by atoms with Crippen LogP contribution in [-0.2, 0) is 16.7 Å². The van der Waals surface area contributed by atoms with Crippen molar-refractivity contribution >= 4 is 22.2 Å². The molecule has 7 nitrogen and oxygen atoms in total. The van der Waals surface area contributed by atoms with Gasteiger partial charge in [-0.15, -0.1) is 0 Å². The van der Waals surface area contributed by atoms with Crippen LogP contribution in [0.4, 0.5) is 0 Å². The highest BCUT2D eigenvalue weighted by Crippen LogP contribution is 2.16. The maximum absolute atomic E-state index is 10.6.